The van der Waals surface area contributed by atoms with E-state index in [4.69, 9.17) is 11.6 Å². The average molecular weight is 370 g/mol. The van der Waals surface area contributed by atoms with Gasteiger partial charge in [0.15, 0.2) is 16.4 Å². The van der Waals surface area contributed by atoms with Crippen molar-refractivity contribution >= 4 is 32.9 Å². The number of hydrogen-bond donors (Lipinski definition) is 2. The van der Waals surface area contributed by atoms with Gasteiger partial charge in [0.2, 0.25) is 0 Å². The first-order valence-corrected chi connectivity index (χ1v) is 10.4. The monoisotopic (exact) mass is 369 g/mol. The highest BCUT2D eigenvalue weighted by molar-refractivity contribution is 7.91. The van der Waals surface area contributed by atoms with Gasteiger partial charge in [0.05, 0.1) is 36.0 Å². The summed E-state index contributed by atoms with van der Waals surface area (Å²) in [7, 11) is -3.12. The number of rotatable bonds is 4. The summed E-state index contributed by atoms with van der Waals surface area (Å²) < 4.78 is 23.1. The smallest absolute Gasteiger partial charge is 0.275 e. The molecule has 5 nitrogen and oxygen atoms in total. The highest BCUT2D eigenvalue weighted by Crippen LogP contribution is 2.18. The van der Waals surface area contributed by atoms with E-state index >= 15 is 0 Å². The lowest BCUT2D eigenvalue weighted by molar-refractivity contribution is -0.886. The summed E-state index contributed by atoms with van der Waals surface area (Å²) in [5.74, 6) is -0.242. The Morgan fingerprint density at radius 2 is 2.00 bits per heavy atom. The summed E-state index contributed by atoms with van der Waals surface area (Å²) in [4.78, 5) is 13.3. The molecular formula is C17H22ClN2O3S+. The highest BCUT2D eigenvalue weighted by atomic mass is 35.5. The molecule has 2 N–H and O–H groups in total. The standard InChI is InChI=1S/C17H21ClN2O3S/c18-15-11-24(22,23)12-16(15)19-17(21)10-20-8-6-14(7-9-20)13-4-2-1-3-5-13/h1-6,15-16H,7-12H2,(H,19,21)/p+1/t15-,16-/m0/s1. The fourth-order valence-corrected chi connectivity index (χ4v) is 5.83. The van der Waals surface area contributed by atoms with Crippen LogP contribution in [0.3, 0.4) is 0 Å². The number of carbonyl (C=O) groups is 1. The second-order valence-corrected chi connectivity index (χ2v) is 9.21. The van der Waals surface area contributed by atoms with Crippen molar-refractivity contribution in [3.8, 4) is 0 Å². The van der Waals surface area contributed by atoms with Crippen LogP contribution in [0.2, 0.25) is 0 Å². The molecule has 0 radical (unpaired) electrons. The van der Waals surface area contributed by atoms with E-state index in [1.807, 2.05) is 18.2 Å². The number of benzene rings is 1. The molecule has 2 heterocycles. The molecule has 1 unspecified atom stereocenters. The van der Waals surface area contributed by atoms with Crippen LogP contribution in [0.5, 0.6) is 0 Å². The number of hydrogen-bond acceptors (Lipinski definition) is 3. The van der Waals surface area contributed by atoms with Crippen LogP contribution >= 0.6 is 11.6 Å². The zero-order valence-electron chi connectivity index (χ0n) is 13.4. The first-order chi connectivity index (χ1) is 11.4. The molecule has 24 heavy (non-hydrogen) atoms. The summed E-state index contributed by atoms with van der Waals surface area (Å²) in [5.41, 5.74) is 2.56. The number of halogens is 1. The molecule has 2 aliphatic rings. The third-order valence-corrected chi connectivity index (χ3v) is 6.95. The number of amides is 1. The van der Waals surface area contributed by atoms with E-state index in [9.17, 15) is 13.2 Å². The van der Waals surface area contributed by atoms with E-state index < -0.39 is 21.3 Å². The van der Waals surface area contributed by atoms with Gasteiger partial charge in [-0.15, -0.1) is 11.6 Å². The minimum atomic E-state index is -3.12. The average Bonchev–Trinajstić information content (AvgIpc) is 2.80. The van der Waals surface area contributed by atoms with Crippen molar-refractivity contribution in [3.63, 3.8) is 0 Å². The minimum absolute atomic E-state index is 0.0553. The molecule has 1 aromatic rings. The SMILES string of the molecule is O=C(C[NH+]1CC=C(c2ccccc2)CC1)N[C@H]1CS(=O)(=O)C[C@@H]1Cl. The summed E-state index contributed by atoms with van der Waals surface area (Å²) in [6.07, 6.45) is 3.12. The molecule has 0 bridgehead atoms. The Kier molecular flexibility index (Phi) is 5.27. The molecule has 1 saturated heterocycles. The van der Waals surface area contributed by atoms with E-state index in [2.05, 4.69) is 23.5 Å². The van der Waals surface area contributed by atoms with Crippen LogP contribution in [0, 0.1) is 0 Å². The van der Waals surface area contributed by atoms with Crippen molar-refractivity contribution < 1.29 is 18.1 Å². The molecule has 1 amide bonds. The van der Waals surface area contributed by atoms with E-state index in [0.717, 1.165) is 19.5 Å². The third-order valence-electron chi connectivity index (χ3n) is 4.57. The van der Waals surface area contributed by atoms with Crippen LogP contribution in [-0.2, 0) is 14.6 Å². The number of carbonyl (C=O) groups excluding carboxylic acids is 1. The molecule has 7 heteroatoms. The Hall–Kier alpha value is -1.37. The minimum Gasteiger partial charge on any atom is -0.346 e. The number of sulfone groups is 1. The van der Waals surface area contributed by atoms with Crippen molar-refractivity contribution in [2.24, 2.45) is 0 Å². The van der Waals surface area contributed by atoms with Crippen molar-refractivity contribution in [3.05, 3.63) is 42.0 Å². The Morgan fingerprint density at radius 1 is 1.25 bits per heavy atom. The van der Waals surface area contributed by atoms with Crippen LogP contribution in [0.4, 0.5) is 0 Å². The van der Waals surface area contributed by atoms with Gasteiger partial charge in [0, 0.05) is 6.42 Å². The Balaban J connectivity index is 1.51. The quantitative estimate of drug-likeness (QED) is 0.727. The molecule has 1 aromatic carbocycles. The van der Waals surface area contributed by atoms with Gasteiger partial charge in [-0.25, -0.2) is 8.42 Å². The predicted octanol–water partition coefficient (Wildman–Crippen LogP) is -0.121. The molecular weight excluding hydrogens is 348 g/mol. The van der Waals surface area contributed by atoms with Crippen molar-refractivity contribution in [2.75, 3.05) is 31.1 Å². The van der Waals surface area contributed by atoms with E-state index in [1.165, 1.54) is 16.0 Å². The van der Waals surface area contributed by atoms with Gasteiger partial charge in [-0.05, 0) is 17.2 Å². The van der Waals surface area contributed by atoms with Gasteiger partial charge in [0.25, 0.3) is 5.91 Å². The van der Waals surface area contributed by atoms with Crippen molar-refractivity contribution in [1.82, 2.24) is 5.32 Å². The van der Waals surface area contributed by atoms with E-state index in [-0.39, 0.29) is 17.4 Å². The van der Waals surface area contributed by atoms with E-state index in [1.54, 1.807) is 0 Å². The highest BCUT2D eigenvalue weighted by Gasteiger charge is 2.37. The van der Waals surface area contributed by atoms with Crippen LogP contribution in [0.15, 0.2) is 36.4 Å². The Bertz CT molecular complexity index is 733. The number of alkyl halides is 1. The van der Waals surface area contributed by atoms with Crippen molar-refractivity contribution in [2.45, 2.75) is 17.8 Å². The van der Waals surface area contributed by atoms with Crippen LogP contribution < -0.4 is 10.2 Å². The topological polar surface area (TPSA) is 67.7 Å². The normalized spacial score (nSPS) is 29.0. The van der Waals surface area contributed by atoms with E-state index in [0.29, 0.717) is 6.54 Å². The summed E-state index contributed by atoms with van der Waals surface area (Å²) >= 11 is 6.03. The maximum atomic E-state index is 12.2. The lowest BCUT2D eigenvalue weighted by Crippen LogP contribution is -3.13. The number of quaternary nitrogens is 1. The molecule has 2 aliphatic heterocycles. The second-order valence-electron chi connectivity index (χ2n) is 6.49. The first-order valence-electron chi connectivity index (χ1n) is 8.15. The lowest BCUT2D eigenvalue weighted by atomic mass is 10.00. The van der Waals surface area contributed by atoms with Gasteiger partial charge in [-0.3, -0.25) is 4.79 Å². The third kappa shape index (κ3) is 4.37. The van der Waals surface area contributed by atoms with Gasteiger partial charge in [-0.2, -0.15) is 0 Å². The zero-order chi connectivity index (χ0) is 17.2. The Morgan fingerprint density at radius 3 is 2.58 bits per heavy atom. The van der Waals surface area contributed by atoms with Crippen LogP contribution in [-0.4, -0.2) is 56.9 Å². The zero-order valence-corrected chi connectivity index (χ0v) is 14.9. The fraction of sp³-hybridized carbons (Fsp3) is 0.471. The molecule has 130 valence electrons. The second kappa shape index (κ2) is 7.25. The molecule has 0 aliphatic carbocycles. The van der Waals surface area contributed by atoms with Crippen LogP contribution in [0.1, 0.15) is 12.0 Å². The van der Waals surface area contributed by atoms with Gasteiger partial charge in [0.1, 0.15) is 0 Å². The maximum Gasteiger partial charge on any atom is 0.275 e. The Labute approximate surface area is 147 Å². The fourth-order valence-electron chi connectivity index (χ4n) is 3.28. The summed E-state index contributed by atoms with van der Waals surface area (Å²) in [6.45, 7) is 2.03. The van der Waals surface area contributed by atoms with Gasteiger partial charge >= 0.3 is 0 Å². The molecule has 0 saturated carbocycles. The summed E-state index contributed by atoms with van der Waals surface area (Å²) in [6, 6.07) is 9.79. The molecule has 1 fully saturated rings. The largest absolute Gasteiger partial charge is 0.346 e. The molecule has 3 atom stereocenters. The number of nitrogens with one attached hydrogen (secondary N) is 2. The van der Waals surface area contributed by atoms with Crippen molar-refractivity contribution in [1.29, 1.82) is 0 Å². The van der Waals surface area contributed by atoms with Crippen LogP contribution in [0.25, 0.3) is 5.57 Å². The van der Waals surface area contributed by atoms with Gasteiger partial charge < -0.3 is 10.2 Å². The first kappa shape index (κ1) is 17.5. The molecule has 0 aromatic heterocycles. The molecule has 3 rings (SSSR count). The lowest BCUT2D eigenvalue weighted by Gasteiger charge is -2.24. The van der Waals surface area contributed by atoms with Gasteiger partial charge in [-0.1, -0.05) is 30.3 Å². The predicted molar refractivity (Wildman–Crippen MR) is 94.8 cm³/mol. The molecule has 0 spiro atoms. The summed E-state index contributed by atoms with van der Waals surface area (Å²) in [5, 5.41) is 2.25. The maximum absolute atomic E-state index is 12.2.